The Morgan fingerprint density at radius 1 is 1.17 bits per heavy atom. The Labute approximate surface area is 206 Å². The minimum atomic E-state index is -1.46. The number of carbonyl (C=O) groups excluding carboxylic acids is 2. The van der Waals surface area contributed by atoms with Crippen LogP contribution in [0.1, 0.15) is 42.5 Å². The molecular weight excluding hydrogens is 475 g/mol. The zero-order valence-electron chi connectivity index (χ0n) is 19.0. The topological polar surface area (TPSA) is 97.2 Å². The SMILES string of the molecule is CCCc1cc(/C(=N\O)c2ccc(Cl)cc2F)ccc1Oc1cccc([C@@]2(C)OC(=O)NC2=O)c1. The summed E-state index contributed by atoms with van der Waals surface area (Å²) in [5, 5.41) is 15.3. The molecule has 1 aliphatic heterocycles. The van der Waals surface area contributed by atoms with E-state index in [9.17, 15) is 19.2 Å². The van der Waals surface area contributed by atoms with E-state index in [0.717, 1.165) is 18.1 Å². The van der Waals surface area contributed by atoms with Crippen molar-refractivity contribution in [1.82, 2.24) is 5.32 Å². The maximum atomic E-state index is 14.5. The molecule has 1 atom stereocenters. The molecule has 7 nitrogen and oxygen atoms in total. The number of rotatable bonds is 7. The number of aryl methyl sites for hydroxylation is 1. The van der Waals surface area contributed by atoms with Crippen LogP contribution in [0.5, 0.6) is 11.5 Å². The lowest BCUT2D eigenvalue weighted by Crippen LogP contribution is -2.33. The van der Waals surface area contributed by atoms with E-state index in [1.807, 2.05) is 6.92 Å². The molecule has 180 valence electrons. The summed E-state index contributed by atoms with van der Waals surface area (Å²) in [6, 6.07) is 16.0. The Balaban J connectivity index is 1.67. The highest BCUT2D eigenvalue weighted by Gasteiger charge is 2.46. The Morgan fingerprint density at radius 2 is 1.97 bits per heavy atom. The maximum Gasteiger partial charge on any atom is 0.415 e. The van der Waals surface area contributed by atoms with E-state index in [0.29, 0.717) is 29.0 Å². The number of oxime groups is 1. The molecule has 0 unspecified atom stereocenters. The Kier molecular flexibility index (Phi) is 6.75. The van der Waals surface area contributed by atoms with Crippen LogP contribution in [0.2, 0.25) is 5.02 Å². The van der Waals surface area contributed by atoms with Gasteiger partial charge in [0.25, 0.3) is 5.91 Å². The van der Waals surface area contributed by atoms with E-state index in [1.165, 1.54) is 19.1 Å². The molecular formula is C26H22ClFN2O5. The van der Waals surface area contributed by atoms with Gasteiger partial charge in [0, 0.05) is 21.7 Å². The van der Waals surface area contributed by atoms with Crippen molar-refractivity contribution in [3.8, 4) is 11.5 Å². The third kappa shape index (κ3) is 4.83. The van der Waals surface area contributed by atoms with Crippen molar-refractivity contribution in [2.24, 2.45) is 5.16 Å². The lowest BCUT2D eigenvalue weighted by Gasteiger charge is -2.20. The molecule has 1 aliphatic rings. The number of nitrogens with one attached hydrogen (secondary N) is 1. The number of benzene rings is 3. The summed E-state index contributed by atoms with van der Waals surface area (Å²) in [6.45, 7) is 3.51. The van der Waals surface area contributed by atoms with Gasteiger partial charge in [-0.05, 0) is 67.4 Å². The predicted molar refractivity (Wildman–Crippen MR) is 128 cm³/mol. The number of hydrogen-bond donors (Lipinski definition) is 2. The number of carbonyl (C=O) groups is 2. The molecule has 1 saturated heterocycles. The minimum absolute atomic E-state index is 0.0621. The smallest absolute Gasteiger partial charge is 0.415 e. The van der Waals surface area contributed by atoms with Gasteiger partial charge in [0.15, 0.2) is 0 Å². The van der Waals surface area contributed by atoms with Crippen molar-refractivity contribution in [3.63, 3.8) is 0 Å². The van der Waals surface area contributed by atoms with Gasteiger partial charge in [-0.3, -0.25) is 10.1 Å². The highest BCUT2D eigenvalue weighted by atomic mass is 35.5. The first-order valence-electron chi connectivity index (χ1n) is 10.9. The molecule has 4 rings (SSSR count). The largest absolute Gasteiger partial charge is 0.457 e. The number of cyclic esters (lactones) is 1. The van der Waals surface area contributed by atoms with Crippen molar-refractivity contribution in [3.05, 3.63) is 93.8 Å². The first kappa shape index (κ1) is 24.2. The van der Waals surface area contributed by atoms with Gasteiger partial charge in [0.1, 0.15) is 23.0 Å². The quantitative estimate of drug-likeness (QED) is 0.240. The lowest BCUT2D eigenvalue weighted by molar-refractivity contribution is -0.130. The van der Waals surface area contributed by atoms with E-state index in [2.05, 4.69) is 10.5 Å². The molecule has 0 bridgehead atoms. The Morgan fingerprint density at radius 3 is 2.63 bits per heavy atom. The van der Waals surface area contributed by atoms with Crippen molar-refractivity contribution in [2.45, 2.75) is 32.3 Å². The van der Waals surface area contributed by atoms with Crippen LogP contribution in [0.3, 0.4) is 0 Å². The highest BCUT2D eigenvalue weighted by molar-refractivity contribution is 6.30. The van der Waals surface area contributed by atoms with Crippen LogP contribution in [0.15, 0.2) is 65.8 Å². The second kappa shape index (κ2) is 9.76. The van der Waals surface area contributed by atoms with Gasteiger partial charge >= 0.3 is 6.09 Å². The van der Waals surface area contributed by atoms with Crippen molar-refractivity contribution in [1.29, 1.82) is 0 Å². The van der Waals surface area contributed by atoms with Crippen LogP contribution in [-0.4, -0.2) is 22.9 Å². The summed E-state index contributed by atoms with van der Waals surface area (Å²) in [5.74, 6) is -0.186. The first-order chi connectivity index (χ1) is 16.7. The van der Waals surface area contributed by atoms with E-state index in [1.54, 1.807) is 42.5 Å². The molecule has 0 radical (unpaired) electrons. The predicted octanol–water partition coefficient (Wildman–Crippen LogP) is 5.93. The number of alkyl carbamates (subject to hydrolysis) is 1. The molecule has 0 aliphatic carbocycles. The molecule has 1 heterocycles. The first-order valence-corrected chi connectivity index (χ1v) is 11.3. The fraction of sp³-hybridized carbons (Fsp3) is 0.192. The number of imide groups is 1. The number of nitrogens with zero attached hydrogens (tertiary/aromatic N) is 1. The summed E-state index contributed by atoms with van der Waals surface area (Å²) < 4.78 is 25.8. The lowest BCUT2D eigenvalue weighted by atomic mass is 9.95. The van der Waals surface area contributed by atoms with E-state index < -0.39 is 23.4 Å². The van der Waals surface area contributed by atoms with Crippen LogP contribution in [0.4, 0.5) is 9.18 Å². The zero-order chi connectivity index (χ0) is 25.2. The average Bonchev–Trinajstić information content (AvgIpc) is 3.09. The van der Waals surface area contributed by atoms with E-state index >= 15 is 0 Å². The van der Waals surface area contributed by atoms with Gasteiger partial charge in [-0.1, -0.05) is 42.2 Å². The molecule has 0 aromatic heterocycles. The molecule has 0 saturated carbocycles. The van der Waals surface area contributed by atoms with Crippen LogP contribution in [0, 0.1) is 5.82 Å². The standard InChI is InChI=1S/C26H22ClFN2O5/c1-3-5-15-12-16(23(30-33)20-10-9-18(27)14-21(20)28)8-11-22(15)34-19-7-4-6-17(13-19)26(2)24(31)29-25(32)35-26/h4,6-14,33H,3,5H2,1-2H3,(H,29,31,32)/b30-23+/t26-/m1/s1. The number of hydrogen-bond acceptors (Lipinski definition) is 6. The van der Waals surface area contributed by atoms with Crippen LogP contribution < -0.4 is 10.1 Å². The molecule has 2 N–H and O–H groups in total. The van der Waals surface area contributed by atoms with Crippen molar-refractivity contribution in [2.75, 3.05) is 0 Å². The molecule has 9 heteroatoms. The molecule has 2 amide bonds. The highest BCUT2D eigenvalue weighted by Crippen LogP contribution is 2.34. The van der Waals surface area contributed by atoms with Gasteiger partial charge in [0.05, 0.1) is 0 Å². The average molecular weight is 497 g/mol. The van der Waals surface area contributed by atoms with Crippen molar-refractivity contribution < 1.29 is 28.7 Å². The van der Waals surface area contributed by atoms with E-state index in [-0.39, 0.29) is 16.3 Å². The third-order valence-electron chi connectivity index (χ3n) is 5.70. The summed E-state index contributed by atoms with van der Waals surface area (Å²) in [6.07, 6.45) is 0.639. The zero-order valence-corrected chi connectivity index (χ0v) is 19.7. The summed E-state index contributed by atoms with van der Waals surface area (Å²) in [7, 11) is 0. The fourth-order valence-corrected chi connectivity index (χ4v) is 4.04. The molecule has 35 heavy (non-hydrogen) atoms. The van der Waals surface area contributed by atoms with E-state index in [4.69, 9.17) is 21.1 Å². The van der Waals surface area contributed by atoms with Gasteiger partial charge in [-0.25, -0.2) is 9.18 Å². The second-order valence-corrected chi connectivity index (χ2v) is 8.59. The molecule has 1 fully saturated rings. The minimum Gasteiger partial charge on any atom is -0.457 e. The fourth-order valence-electron chi connectivity index (χ4n) is 3.88. The normalized spacial score (nSPS) is 17.8. The Bertz CT molecular complexity index is 1340. The van der Waals surface area contributed by atoms with Crippen LogP contribution in [0.25, 0.3) is 0 Å². The number of halogens is 2. The molecule has 3 aromatic rings. The number of ether oxygens (including phenoxy) is 2. The molecule has 3 aromatic carbocycles. The third-order valence-corrected chi connectivity index (χ3v) is 5.93. The summed E-state index contributed by atoms with van der Waals surface area (Å²) in [4.78, 5) is 23.8. The Hall–Kier alpha value is -3.91. The summed E-state index contributed by atoms with van der Waals surface area (Å²) >= 11 is 5.85. The van der Waals surface area contributed by atoms with Gasteiger partial charge in [-0.15, -0.1) is 0 Å². The summed E-state index contributed by atoms with van der Waals surface area (Å²) in [5.41, 5.74) is 0.481. The van der Waals surface area contributed by atoms with Gasteiger partial charge < -0.3 is 14.7 Å². The maximum absolute atomic E-state index is 14.5. The van der Waals surface area contributed by atoms with Gasteiger partial charge in [-0.2, -0.15) is 0 Å². The van der Waals surface area contributed by atoms with Crippen LogP contribution >= 0.6 is 11.6 Å². The van der Waals surface area contributed by atoms with Crippen LogP contribution in [-0.2, 0) is 21.6 Å². The van der Waals surface area contributed by atoms with Gasteiger partial charge in [0.2, 0.25) is 5.60 Å². The molecule has 0 spiro atoms. The second-order valence-electron chi connectivity index (χ2n) is 8.15. The number of amides is 2. The monoisotopic (exact) mass is 496 g/mol. The van der Waals surface area contributed by atoms with Crippen molar-refractivity contribution >= 4 is 29.3 Å².